The minimum absolute atomic E-state index is 0.0136. The van der Waals surface area contributed by atoms with Crippen LogP contribution >= 0.6 is 0 Å². The Balaban J connectivity index is 1.33. The molecule has 0 saturated carbocycles. The molecule has 2 aliphatic heterocycles. The van der Waals surface area contributed by atoms with Crippen molar-refractivity contribution in [1.29, 1.82) is 0 Å². The molecule has 28 heavy (non-hydrogen) atoms. The Morgan fingerprint density at radius 3 is 2.46 bits per heavy atom. The van der Waals surface area contributed by atoms with Gasteiger partial charge in [0.05, 0.1) is 24.1 Å². The molecule has 1 amide bonds. The smallest absolute Gasteiger partial charge is 0.274 e. The first kappa shape index (κ1) is 18.9. The summed E-state index contributed by atoms with van der Waals surface area (Å²) in [6.07, 6.45) is 5.63. The van der Waals surface area contributed by atoms with Crippen LogP contribution in [0.4, 0.5) is 0 Å². The number of carbonyl (C=O) groups excluding carboxylic acids is 1. The molecule has 2 saturated heterocycles. The number of aryl methyl sites for hydroxylation is 1. The molecule has 0 radical (unpaired) electrons. The third-order valence-electron chi connectivity index (χ3n) is 5.26. The minimum Gasteiger partial charge on any atom is -0.339 e. The van der Waals surface area contributed by atoms with E-state index in [0.717, 1.165) is 5.69 Å². The zero-order chi connectivity index (χ0) is 19.9. The van der Waals surface area contributed by atoms with Gasteiger partial charge in [-0.05, 0) is 19.8 Å². The van der Waals surface area contributed by atoms with Crippen molar-refractivity contribution in [1.82, 2.24) is 29.3 Å². The highest BCUT2D eigenvalue weighted by Crippen LogP contribution is 2.31. The van der Waals surface area contributed by atoms with Gasteiger partial charge in [0.1, 0.15) is 5.69 Å². The zero-order valence-corrected chi connectivity index (χ0v) is 16.6. The maximum Gasteiger partial charge on any atom is 0.274 e. The third-order valence-corrected chi connectivity index (χ3v) is 6.57. The standard InChI is InChI=1S/C17H22N6O4S/c1-11-7-19-14(8-18-11)17(24)22-9-13(10-22)16-20-15(21-27-16)12-3-5-23(6-4-12)28(2,25)26/h7-8,12-13H,3-6,9-10H2,1-2H3. The van der Waals surface area contributed by atoms with E-state index in [1.807, 2.05) is 6.92 Å². The Hall–Kier alpha value is -2.40. The molecular formula is C17H22N6O4S. The molecule has 0 bridgehead atoms. The number of sulfonamides is 1. The van der Waals surface area contributed by atoms with Crippen LogP contribution in [0.2, 0.25) is 0 Å². The summed E-state index contributed by atoms with van der Waals surface area (Å²) in [6, 6.07) is 0. The summed E-state index contributed by atoms with van der Waals surface area (Å²) in [5.41, 5.74) is 1.09. The lowest BCUT2D eigenvalue weighted by Gasteiger charge is -2.36. The molecule has 0 aliphatic carbocycles. The molecule has 2 aromatic rings. The van der Waals surface area contributed by atoms with Gasteiger partial charge >= 0.3 is 0 Å². The Morgan fingerprint density at radius 2 is 1.86 bits per heavy atom. The lowest BCUT2D eigenvalue weighted by atomic mass is 9.97. The lowest BCUT2D eigenvalue weighted by Crippen LogP contribution is -2.48. The fourth-order valence-corrected chi connectivity index (χ4v) is 4.36. The van der Waals surface area contributed by atoms with Crippen LogP contribution in [0.5, 0.6) is 0 Å². The van der Waals surface area contributed by atoms with Crippen LogP contribution in [-0.4, -0.2) is 76.1 Å². The van der Waals surface area contributed by atoms with E-state index in [1.54, 1.807) is 11.1 Å². The number of aromatic nitrogens is 4. The number of rotatable bonds is 4. The summed E-state index contributed by atoms with van der Waals surface area (Å²) in [4.78, 5) is 26.8. The van der Waals surface area contributed by atoms with E-state index in [9.17, 15) is 13.2 Å². The Morgan fingerprint density at radius 1 is 1.14 bits per heavy atom. The largest absolute Gasteiger partial charge is 0.339 e. The van der Waals surface area contributed by atoms with Crippen molar-refractivity contribution in [3.63, 3.8) is 0 Å². The van der Waals surface area contributed by atoms with Crippen molar-refractivity contribution >= 4 is 15.9 Å². The molecule has 2 aliphatic rings. The fourth-order valence-electron chi connectivity index (χ4n) is 3.49. The molecule has 2 aromatic heterocycles. The van der Waals surface area contributed by atoms with Crippen LogP contribution in [0.3, 0.4) is 0 Å². The normalized spacial score (nSPS) is 19.6. The summed E-state index contributed by atoms with van der Waals surface area (Å²) >= 11 is 0. The number of piperidine rings is 1. The van der Waals surface area contributed by atoms with Crippen molar-refractivity contribution in [3.8, 4) is 0 Å². The fraction of sp³-hybridized carbons (Fsp3) is 0.588. The second-order valence-corrected chi connectivity index (χ2v) is 9.36. The number of amides is 1. The second-order valence-electron chi connectivity index (χ2n) is 7.38. The van der Waals surface area contributed by atoms with Gasteiger partial charge < -0.3 is 9.42 Å². The highest BCUT2D eigenvalue weighted by Gasteiger charge is 2.37. The molecule has 0 unspecified atom stereocenters. The van der Waals surface area contributed by atoms with E-state index in [1.165, 1.54) is 16.8 Å². The SMILES string of the molecule is Cc1cnc(C(=O)N2CC(c3nc(C4CCN(S(C)(=O)=O)CC4)no3)C2)cn1. The van der Waals surface area contributed by atoms with Crippen LogP contribution in [-0.2, 0) is 10.0 Å². The van der Waals surface area contributed by atoms with Crippen molar-refractivity contribution in [2.24, 2.45) is 0 Å². The van der Waals surface area contributed by atoms with Gasteiger partial charge in [-0.1, -0.05) is 5.16 Å². The predicted octanol–water partition coefficient (Wildman–Crippen LogP) is 0.547. The van der Waals surface area contributed by atoms with Gasteiger partial charge in [0, 0.05) is 38.3 Å². The first-order valence-electron chi connectivity index (χ1n) is 9.18. The van der Waals surface area contributed by atoms with Gasteiger partial charge in [-0.15, -0.1) is 0 Å². The molecule has 0 atom stereocenters. The van der Waals surface area contributed by atoms with Gasteiger partial charge in [-0.3, -0.25) is 9.78 Å². The molecule has 2 fully saturated rings. The van der Waals surface area contributed by atoms with Crippen LogP contribution in [0.25, 0.3) is 0 Å². The Bertz CT molecular complexity index is 960. The predicted molar refractivity (Wildman–Crippen MR) is 98.1 cm³/mol. The summed E-state index contributed by atoms with van der Waals surface area (Å²) in [5, 5.41) is 4.09. The summed E-state index contributed by atoms with van der Waals surface area (Å²) in [5.74, 6) is 1.10. The monoisotopic (exact) mass is 406 g/mol. The Labute approximate surface area is 163 Å². The molecule has 11 heteroatoms. The Kier molecular flexibility index (Phi) is 4.88. The average molecular weight is 406 g/mol. The quantitative estimate of drug-likeness (QED) is 0.721. The summed E-state index contributed by atoms with van der Waals surface area (Å²) in [7, 11) is -3.15. The number of carbonyl (C=O) groups is 1. The van der Waals surface area contributed by atoms with E-state index in [4.69, 9.17) is 4.52 Å². The molecule has 4 heterocycles. The molecule has 0 aromatic carbocycles. The minimum atomic E-state index is -3.15. The van der Waals surface area contributed by atoms with Gasteiger partial charge in [0.15, 0.2) is 5.82 Å². The van der Waals surface area contributed by atoms with E-state index >= 15 is 0 Å². The van der Waals surface area contributed by atoms with Crippen LogP contribution in [0.1, 0.15) is 52.6 Å². The van der Waals surface area contributed by atoms with E-state index < -0.39 is 10.0 Å². The van der Waals surface area contributed by atoms with Gasteiger partial charge in [0.2, 0.25) is 15.9 Å². The van der Waals surface area contributed by atoms with Crippen LogP contribution in [0, 0.1) is 6.92 Å². The van der Waals surface area contributed by atoms with Gasteiger partial charge in [0.25, 0.3) is 5.91 Å². The number of likely N-dealkylation sites (tertiary alicyclic amines) is 1. The average Bonchev–Trinajstić information content (AvgIpc) is 3.10. The lowest BCUT2D eigenvalue weighted by molar-refractivity contribution is 0.0562. The number of hydrogen-bond donors (Lipinski definition) is 0. The number of nitrogens with zero attached hydrogens (tertiary/aromatic N) is 6. The van der Waals surface area contributed by atoms with Gasteiger partial charge in [-0.25, -0.2) is 17.7 Å². The maximum atomic E-state index is 12.4. The van der Waals surface area contributed by atoms with Crippen molar-refractivity contribution in [3.05, 3.63) is 35.5 Å². The zero-order valence-electron chi connectivity index (χ0n) is 15.8. The molecule has 10 nitrogen and oxygen atoms in total. The topological polar surface area (TPSA) is 122 Å². The molecular weight excluding hydrogens is 384 g/mol. The molecule has 4 rings (SSSR count). The van der Waals surface area contributed by atoms with Crippen molar-refractivity contribution in [2.45, 2.75) is 31.6 Å². The first-order chi connectivity index (χ1) is 13.3. The van der Waals surface area contributed by atoms with Crippen LogP contribution in [0.15, 0.2) is 16.9 Å². The molecule has 0 N–H and O–H groups in total. The summed E-state index contributed by atoms with van der Waals surface area (Å²) in [6.45, 7) is 3.76. The summed E-state index contributed by atoms with van der Waals surface area (Å²) < 4.78 is 30.1. The van der Waals surface area contributed by atoms with Crippen molar-refractivity contribution in [2.75, 3.05) is 32.4 Å². The van der Waals surface area contributed by atoms with E-state index in [2.05, 4.69) is 20.1 Å². The number of hydrogen-bond acceptors (Lipinski definition) is 8. The van der Waals surface area contributed by atoms with E-state index in [0.29, 0.717) is 56.4 Å². The first-order valence-corrected chi connectivity index (χ1v) is 11.0. The van der Waals surface area contributed by atoms with Crippen LogP contribution < -0.4 is 0 Å². The second kappa shape index (κ2) is 7.21. The highest BCUT2D eigenvalue weighted by molar-refractivity contribution is 7.88. The highest BCUT2D eigenvalue weighted by atomic mass is 32.2. The van der Waals surface area contributed by atoms with Crippen molar-refractivity contribution < 1.29 is 17.7 Å². The van der Waals surface area contributed by atoms with Gasteiger partial charge in [-0.2, -0.15) is 4.98 Å². The molecule has 0 spiro atoms. The third kappa shape index (κ3) is 3.76. The molecule has 150 valence electrons. The maximum absolute atomic E-state index is 12.4. The van der Waals surface area contributed by atoms with E-state index in [-0.39, 0.29) is 17.7 Å².